The van der Waals surface area contributed by atoms with Crippen LogP contribution in [0.25, 0.3) is 0 Å². The highest BCUT2D eigenvalue weighted by Gasteiger charge is 2.28. The normalized spacial score (nSPS) is 16.4. The molecule has 1 aliphatic rings. The number of rotatable bonds is 5. The van der Waals surface area contributed by atoms with Crippen LogP contribution in [0.5, 0.6) is 0 Å². The largest absolute Gasteiger partial charge is 0.329 e. The van der Waals surface area contributed by atoms with Crippen LogP contribution in [0, 0.1) is 0 Å². The van der Waals surface area contributed by atoms with Gasteiger partial charge in [0, 0.05) is 32.2 Å². The van der Waals surface area contributed by atoms with Gasteiger partial charge in [0.2, 0.25) is 0 Å². The fraction of sp³-hybridized carbons (Fsp3) is 0.917. The Morgan fingerprint density at radius 3 is 2.25 bits per heavy atom. The van der Waals surface area contributed by atoms with Crippen molar-refractivity contribution < 1.29 is 4.79 Å². The summed E-state index contributed by atoms with van der Waals surface area (Å²) in [6.07, 6.45) is 4.79. The van der Waals surface area contributed by atoms with Crippen LogP contribution in [0.1, 0.15) is 39.5 Å². The second kappa shape index (κ2) is 6.74. The molecular weight excluding hydrogens is 202 g/mol. The lowest BCUT2D eigenvalue weighted by Gasteiger charge is -2.33. The fourth-order valence-electron chi connectivity index (χ4n) is 2.47. The molecule has 2 N–H and O–H groups in total. The smallest absolute Gasteiger partial charge is 0.320 e. The van der Waals surface area contributed by atoms with Crippen LogP contribution >= 0.6 is 0 Å². The molecule has 0 aromatic heterocycles. The van der Waals surface area contributed by atoms with Crippen molar-refractivity contribution in [2.45, 2.75) is 45.6 Å². The zero-order valence-corrected chi connectivity index (χ0v) is 10.6. The average Bonchev–Trinajstić information content (AvgIpc) is 2.80. The second-order valence-electron chi connectivity index (χ2n) is 4.38. The Balaban J connectivity index is 2.63. The topological polar surface area (TPSA) is 49.6 Å². The summed E-state index contributed by atoms with van der Waals surface area (Å²) in [6, 6.07) is 0.596. The van der Waals surface area contributed by atoms with Gasteiger partial charge in [0.25, 0.3) is 0 Å². The highest BCUT2D eigenvalue weighted by atomic mass is 16.2. The lowest BCUT2D eigenvalue weighted by molar-refractivity contribution is 0.139. The Morgan fingerprint density at radius 2 is 1.81 bits per heavy atom. The Morgan fingerprint density at radius 1 is 1.25 bits per heavy atom. The van der Waals surface area contributed by atoms with Gasteiger partial charge in [0.15, 0.2) is 0 Å². The van der Waals surface area contributed by atoms with Crippen LogP contribution in [0.15, 0.2) is 0 Å². The van der Waals surface area contributed by atoms with E-state index in [0.717, 1.165) is 25.9 Å². The monoisotopic (exact) mass is 227 g/mol. The maximum absolute atomic E-state index is 12.3. The molecule has 16 heavy (non-hydrogen) atoms. The maximum Gasteiger partial charge on any atom is 0.320 e. The van der Waals surface area contributed by atoms with Crippen molar-refractivity contribution in [3.63, 3.8) is 0 Å². The first kappa shape index (κ1) is 13.3. The standard InChI is InChI=1S/C12H25N3O/c1-3-14(4-2)12(16)15(10-9-13)11-7-5-6-8-11/h11H,3-10,13H2,1-2H3. The summed E-state index contributed by atoms with van der Waals surface area (Å²) in [4.78, 5) is 16.1. The number of urea groups is 1. The molecule has 1 fully saturated rings. The predicted molar refractivity (Wildman–Crippen MR) is 66.3 cm³/mol. The van der Waals surface area contributed by atoms with E-state index in [4.69, 9.17) is 5.73 Å². The summed E-state index contributed by atoms with van der Waals surface area (Å²) < 4.78 is 0. The molecule has 0 aromatic carbocycles. The zero-order valence-electron chi connectivity index (χ0n) is 10.6. The quantitative estimate of drug-likeness (QED) is 0.776. The van der Waals surface area contributed by atoms with Gasteiger partial charge in [-0.15, -0.1) is 0 Å². The van der Waals surface area contributed by atoms with E-state index in [0.29, 0.717) is 19.1 Å². The molecule has 4 heteroatoms. The highest BCUT2D eigenvalue weighted by Crippen LogP contribution is 2.24. The number of carbonyl (C=O) groups excluding carboxylic acids is 1. The summed E-state index contributed by atoms with van der Waals surface area (Å²) >= 11 is 0. The highest BCUT2D eigenvalue weighted by molar-refractivity contribution is 5.74. The van der Waals surface area contributed by atoms with E-state index in [1.807, 2.05) is 23.6 Å². The Kier molecular flexibility index (Phi) is 5.60. The molecule has 0 heterocycles. The first-order valence-electron chi connectivity index (χ1n) is 6.50. The van der Waals surface area contributed by atoms with Gasteiger partial charge in [-0.3, -0.25) is 0 Å². The molecule has 94 valence electrons. The minimum atomic E-state index is 0.169. The molecule has 1 rings (SSSR count). The third-order valence-corrected chi connectivity index (χ3v) is 3.42. The number of amides is 2. The van der Waals surface area contributed by atoms with E-state index in [9.17, 15) is 4.79 Å². The van der Waals surface area contributed by atoms with E-state index in [1.54, 1.807) is 0 Å². The molecule has 0 radical (unpaired) electrons. The number of nitrogens with two attached hydrogens (primary N) is 1. The van der Waals surface area contributed by atoms with Gasteiger partial charge in [-0.1, -0.05) is 12.8 Å². The van der Waals surface area contributed by atoms with Crippen molar-refractivity contribution in [2.24, 2.45) is 5.73 Å². The second-order valence-corrected chi connectivity index (χ2v) is 4.38. The summed E-state index contributed by atoms with van der Waals surface area (Å²) in [5.41, 5.74) is 5.61. The van der Waals surface area contributed by atoms with Gasteiger partial charge in [-0.25, -0.2) is 4.79 Å². The fourth-order valence-corrected chi connectivity index (χ4v) is 2.47. The molecule has 1 saturated carbocycles. The summed E-state index contributed by atoms with van der Waals surface area (Å²) in [5.74, 6) is 0. The van der Waals surface area contributed by atoms with Crippen molar-refractivity contribution >= 4 is 6.03 Å². The molecule has 4 nitrogen and oxygen atoms in total. The van der Waals surface area contributed by atoms with Crippen LogP contribution in [-0.2, 0) is 0 Å². The molecule has 0 bridgehead atoms. The number of nitrogens with zero attached hydrogens (tertiary/aromatic N) is 2. The van der Waals surface area contributed by atoms with Gasteiger partial charge in [0.05, 0.1) is 0 Å². The van der Waals surface area contributed by atoms with E-state index in [2.05, 4.69) is 0 Å². The van der Waals surface area contributed by atoms with Crippen LogP contribution in [0.4, 0.5) is 4.79 Å². The molecule has 1 aliphatic carbocycles. The van der Waals surface area contributed by atoms with Crippen molar-refractivity contribution in [3.05, 3.63) is 0 Å². The van der Waals surface area contributed by atoms with Gasteiger partial charge >= 0.3 is 6.03 Å². The van der Waals surface area contributed by atoms with E-state index < -0.39 is 0 Å². The predicted octanol–water partition coefficient (Wildman–Crippen LogP) is 1.65. The minimum Gasteiger partial charge on any atom is -0.329 e. The molecule has 2 amide bonds. The Bertz CT molecular complexity index is 210. The van der Waals surface area contributed by atoms with Crippen LogP contribution in [0.3, 0.4) is 0 Å². The number of carbonyl (C=O) groups is 1. The lowest BCUT2D eigenvalue weighted by Crippen LogP contribution is -2.49. The average molecular weight is 227 g/mol. The molecule has 0 aromatic rings. The third kappa shape index (κ3) is 3.11. The van der Waals surface area contributed by atoms with Crippen LogP contribution < -0.4 is 5.73 Å². The first-order valence-corrected chi connectivity index (χ1v) is 6.50. The Hall–Kier alpha value is -0.770. The maximum atomic E-state index is 12.3. The van der Waals surface area contributed by atoms with Crippen molar-refractivity contribution in [1.82, 2.24) is 9.80 Å². The lowest BCUT2D eigenvalue weighted by atomic mass is 10.2. The van der Waals surface area contributed by atoms with Gasteiger partial charge in [-0.05, 0) is 26.7 Å². The zero-order chi connectivity index (χ0) is 12.0. The summed E-state index contributed by atoms with van der Waals surface area (Å²) in [5, 5.41) is 0. The SMILES string of the molecule is CCN(CC)C(=O)N(CCN)C1CCCC1. The Labute approximate surface area is 98.8 Å². The van der Waals surface area contributed by atoms with E-state index in [1.165, 1.54) is 12.8 Å². The molecule has 0 atom stereocenters. The van der Waals surface area contributed by atoms with Crippen molar-refractivity contribution in [3.8, 4) is 0 Å². The molecule has 0 spiro atoms. The molecule has 0 saturated heterocycles. The van der Waals surface area contributed by atoms with E-state index in [-0.39, 0.29) is 6.03 Å². The van der Waals surface area contributed by atoms with Gasteiger partial charge < -0.3 is 15.5 Å². The molecular formula is C12H25N3O. The number of hydrogen-bond acceptors (Lipinski definition) is 2. The van der Waals surface area contributed by atoms with Crippen LogP contribution in [-0.4, -0.2) is 48.1 Å². The van der Waals surface area contributed by atoms with Crippen molar-refractivity contribution in [2.75, 3.05) is 26.2 Å². The van der Waals surface area contributed by atoms with Crippen LogP contribution in [0.2, 0.25) is 0 Å². The van der Waals surface area contributed by atoms with Gasteiger partial charge in [-0.2, -0.15) is 0 Å². The summed E-state index contributed by atoms with van der Waals surface area (Å²) in [6.45, 7) is 6.86. The number of hydrogen-bond donors (Lipinski definition) is 1. The summed E-state index contributed by atoms with van der Waals surface area (Å²) in [7, 11) is 0. The molecule has 0 unspecified atom stereocenters. The van der Waals surface area contributed by atoms with Gasteiger partial charge in [0.1, 0.15) is 0 Å². The molecule has 0 aliphatic heterocycles. The van der Waals surface area contributed by atoms with E-state index >= 15 is 0 Å². The third-order valence-electron chi connectivity index (χ3n) is 3.42. The first-order chi connectivity index (χ1) is 7.74. The minimum absolute atomic E-state index is 0.169. The van der Waals surface area contributed by atoms with Crippen molar-refractivity contribution in [1.29, 1.82) is 0 Å².